The molecule has 0 saturated carbocycles. The lowest BCUT2D eigenvalue weighted by Gasteiger charge is -2.18. The summed E-state index contributed by atoms with van der Waals surface area (Å²) >= 11 is 0. The molecule has 0 bridgehead atoms. The van der Waals surface area contributed by atoms with E-state index < -0.39 is 7.60 Å². The second-order valence-corrected chi connectivity index (χ2v) is 5.91. The summed E-state index contributed by atoms with van der Waals surface area (Å²) in [5.41, 5.74) is 0.768. The average Bonchev–Trinajstić information content (AvgIpc) is 2.35. The number of nitrogens with zero attached hydrogens (tertiary/aromatic N) is 1. The molecule has 0 unspecified atom stereocenters. The van der Waals surface area contributed by atoms with Crippen molar-refractivity contribution in [1.29, 1.82) is 0 Å². The van der Waals surface area contributed by atoms with Gasteiger partial charge in [0, 0.05) is 6.20 Å². The van der Waals surface area contributed by atoms with Crippen molar-refractivity contribution in [1.82, 2.24) is 4.98 Å². The Morgan fingerprint density at radius 1 is 1.37 bits per heavy atom. The lowest BCUT2D eigenvalue weighted by Crippen LogP contribution is -2.03. The minimum Gasteiger partial charge on any atom is -0.505 e. The molecule has 7 heteroatoms. The minimum absolute atomic E-state index is 0.0760. The molecule has 0 atom stereocenters. The standard InChI is InChI=1S/C12H18NO5P/c1-4-17-19(16,18-5-2)8-10-6-13-9(3)12(15)11(10)7-14/h6-7,15H,4-5,8H2,1-3H3. The van der Waals surface area contributed by atoms with Crippen LogP contribution in [0.25, 0.3) is 0 Å². The van der Waals surface area contributed by atoms with E-state index in [9.17, 15) is 14.5 Å². The Morgan fingerprint density at radius 3 is 2.42 bits per heavy atom. The Morgan fingerprint density at radius 2 is 1.95 bits per heavy atom. The van der Waals surface area contributed by atoms with Gasteiger partial charge in [-0.3, -0.25) is 14.3 Å². The number of aromatic hydroxyl groups is 1. The van der Waals surface area contributed by atoms with Gasteiger partial charge < -0.3 is 14.2 Å². The highest BCUT2D eigenvalue weighted by atomic mass is 31.2. The first-order valence-electron chi connectivity index (χ1n) is 5.98. The van der Waals surface area contributed by atoms with Gasteiger partial charge in [-0.25, -0.2) is 0 Å². The molecule has 0 aliphatic heterocycles. The number of pyridine rings is 1. The number of carbonyl (C=O) groups excluding carboxylic acids is 1. The predicted molar refractivity (Wildman–Crippen MR) is 70.6 cm³/mol. The molecule has 106 valence electrons. The zero-order chi connectivity index (χ0) is 14.5. The molecule has 0 amide bonds. The summed E-state index contributed by atoms with van der Waals surface area (Å²) < 4.78 is 22.7. The number of hydrogen-bond acceptors (Lipinski definition) is 6. The number of rotatable bonds is 7. The van der Waals surface area contributed by atoms with Gasteiger partial charge in [0.25, 0.3) is 0 Å². The van der Waals surface area contributed by atoms with Gasteiger partial charge in [-0.05, 0) is 26.3 Å². The van der Waals surface area contributed by atoms with Crippen LogP contribution in [0, 0.1) is 6.92 Å². The second-order valence-electron chi connectivity index (χ2n) is 3.85. The van der Waals surface area contributed by atoms with Gasteiger partial charge in [0.05, 0.1) is 30.6 Å². The van der Waals surface area contributed by atoms with E-state index in [1.54, 1.807) is 20.8 Å². The molecule has 19 heavy (non-hydrogen) atoms. The molecule has 1 heterocycles. The highest BCUT2D eigenvalue weighted by molar-refractivity contribution is 7.53. The highest BCUT2D eigenvalue weighted by Crippen LogP contribution is 2.51. The van der Waals surface area contributed by atoms with Crippen molar-refractivity contribution in [2.24, 2.45) is 0 Å². The van der Waals surface area contributed by atoms with Crippen LogP contribution < -0.4 is 0 Å². The first-order chi connectivity index (χ1) is 8.97. The fourth-order valence-electron chi connectivity index (χ4n) is 1.64. The van der Waals surface area contributed by atoms with Crippen LogP contribution in [0.4, 0.5) is 0 Å². The second kappa shape index (κ2) is 6.80. The van der Waals surface area contributed by atoms with E-state index in [1.807, 2.05) is 0 Å². The fraction of sp³-hybridized carbons (Fsp3) is 0.500. The van der Waals surface area contributed by atoms with Gasteiger partial charge in [-0.2, -0.15) is 0 Å². The Bertz CT molecular complexity index is 493. The molecule has 0 aliphatic rings. The first-order valence-corrected chi connectivity index (χ1v) is 7.71. The zero-order valence-electron chi connectivity index (χ0n) is 11.3. The van der Waals surface area contributed by atoms with Crippen LogP contribution in [0.3, 0.4) is 0 Å². The smallest absolute Gasteiger partial charge is 0.335 e. The summed E-state index contributed by atoms with van der Waals surface area (Å²) in [6.07, 6.45) is 1.83. The molecule has 0 aliphatic carbocycles. The van der Waals surface area contributed by atoms with Crippen molar-refractivity contribution in [2.75, 3.05) is 13.2 Å². The first kappa shape index (κ1) is 15.8. The number of carbonyl (C=O) groups is 1. The van der Waals surface area contributed by atoms with E-state index in [-0.39, 0.29) is 30.7 Å². The monoisotopic (exact) mass is 287 g/mol. The highest BCUT2D eigenvalue weighted by Gasteiger charge is 2.26. The van der Waals surface area contributed by atoms with Crippen LogP contribution >= 0.6 is 7.60 Å². The fourth-order valence-corrected chi connectivity index (χ4v) is 3.35. The normalized spacial score (nSPS) is 11.5. The SMILES string of the molecule is CCOP(=O)(Cc1cnc(C)c(O)c1C=O)OCC. The summed E-state index contributed by atoms with van der Waals surface area (Å²) in [7, 11) is -3.33. The van der Waals surface area contributed by atoms with Crippen molar-refractivity contribution in [3.8, 4) is 5.75 Å². The Balaban J connectivity index is 3.13. The Hall–Kier alpha value is -1.23. The van der Waals surface area contributed by atoms with Crippen LogP contribution in [0.1, 0.15) is 35.5 Å². The minimum atomic E-state index is -3.33. The Labute approximate surface area is 112 Å². The molecule has 1 rings (SSSR count). The van der Waals surface area contributed by atoms with Crippen molar-refractivity contribution in [3.63, 3.8) is 0 Å². The number of aldehydes is 1. The van der Waals surface area contributed by atoms with E-state index in [2.05, 4.69) is 4.98 Å². The summed E-state index contributed by atoms with van der Waals surface area (Å²) in [6, 6.07) is 0. The van der Waals surface area contributed by atoms with Crippen LogP contribution in [-0.2, 0) is 19.8 Å². The summed E-state index contributed by atoms with van der Waals surface area (Å²) in [4.78, 5) is 15.0. The molecular weight excluding hydrogens is 269 g/mol. The number of aromatic nitrogens is 1. The van der Waals surface area contributed by atoms with Gasteiger partial charge in [-0.15, -0.1) is 0 Å². The topological polar surface area (TPSA) is 85.7 Å². The maximum atomic E-state index is 12.4. The molecule has 1 aromatic heterocycles. The quantitative estimate of drug-likeness (QED) is 0.613. The van der Waals surface area contributed by atoms with Gasteiger partial charge in [0.2, 0.25) is 0 Å². The van der Waals surface area contributed by atoms with Crippen LogP contribution in [0.15, 0.2) is 6.20 Å². The molecule has 1 aromatic rings. The third-order valence-corrected chi connectivity index (χ3v) is 4.52. The van der Waals surface area contributed by atoms with Crippen molar-refractivity contribution in [2.45, 2.75) is 26.9 Å². The average molecular weight is 287 g/mol. The lowest BCUT2D eigenvalue weighted by atomic mass is 10.1. The molecule has 0 saturated heterocycles. The largest absolute Gasteiger partial charge is 0.505 e. The molecular formula is C12H18NO5P. The molecule has 6 nitrogen and oxygen atoms in total. The van der Waals surface area contributed by atoms with Gasteiger partial charge in [0.1, 0.15) is 5.75 Å². The summed E-state index contributed by atoms with van der Waals surface area (Å²) in [6.45, 7) is 5.46. The van der Waals surface area contributed by atoms with E-state index in [0.29, 0.717) is 17.5 Å². The van der Waals surface area contributed by atoms with Gasteiger partial charge in [-0.1, -0.05) is 0 Å². The van der Waals surface area contributed by atoms with Gasteiger partial charge >= 0.3 is 7.60 Å². The molecule has 0 aromatic carbocycles. The molecule has 0 fully saturated rings. The van der Waals surface area contributed by atoms with E-state index >= 15 is 0 Å². The maximum Gasteiger partial charge on any atom is 0.335 e. The zero-order valence-corrected chi connectivity index (χ0v) is 12.1. The molecule has 0 spiro atoms. The third-order valence-electron chi connectivity index (χ3n) is 2.49. The molecule has 0 radical (unpaired) electrons. The van der Waals surface area contributed by atoms with Gasteiger partial charge in [0.15, 0.2) is 6.29 Å². The summed E-state index contributed by atoms with van der Waals surface area (Å²) in [5.74, 6) is -0.202. The van der Waals surface area contributed by atoms with E-state index in [1.165, 1.54) is 6.20 Å². The van der Waals surface area contributed by atoms with E-state index in [0.717, 1.165) is 0 Å². The molecule has 1 N–H and O–H groups in total. The van der Waals surface area contributed by atoms with Crippen molar-refractivity contribution < 1.29 is 23.5 Å². The third kappa shape index (κ3) is 3.86. The summed E-state index contributed by atoms with van der Waals surface area (Å²) in [5, 5.41) is 9.77. The lowest BCUT2D eigenvalue weighted by molar-refractivity contribution is 0.112. The Kier molecular flexibility index (Phi) is 5.66. The van der Waals surface area contributed by atoms with Crippen molar-refractivity contribution in [3.05, 3.63) is 23.0 Å². The van der Waals surface area contributed by atoms with Crippen LogP contribution in [0.2, 0.25) is 0 Å². The predicted octanol–water partition coefficient (Wildman–Crippen LogP) is 2.67. The van der Waals surface area contributed by atoms with E-state index in [4.69, 9.17) is 9.05 Å². The van der Waals surface area contributed by atoms with Crippen LogP contribution in [0.5, 0.6) is 5.75 Å². The number of hydrogen-bond donors (Lipinski definition) is 1. The number of aryl methyl sites for hydroxylation is 1. The van der Waals surface area contributed by atoms with Crippen LogP contribution in [-0.4, -0.2) is 29.6 Å². The maximum absolute atomic E-state index is 12.4. The van der Waals surface area contributed by atoms with Crippen molar-refractivity contribution >= 4 is 13.9 Å².